The van der Waals surface area contributed by atoms with Crippen molar-refractivity contribution in [2.45, 2.75) is 12.5 Å². The zero-order valence-electron chi connectivity index (χ0n) is 10.9. The van der Waals surface area contributed by atoms with Crippen LogP contribution in [0, 0.1) is 0 Å². The molecule has 6 heteroatoms. The lowest BCUT2D eigenvalue weighted by molar-refractivity contribution is 0.0458. The predicted octanol–water partition coefficient (Wildman–Crippen LogP) is 1.65. The first kappa shape index (κ1) is 14.1. The average Bonchev–Trinajstić information content (AvgIpc) is 3.01. The number of aromatic nitrogens is 1. The van der Waals surface area contributed by atoms with Crippen LogP contribution in [0.15, 0.2) is 47.2 Å². The van der Waals surface area contributed by atoms with E-state index in [0.717, 1.165) is 0 Å². The van der Waals surface area contributed by atoms with Gasteiger partial charge in [-0.1, -0.05) is 6.07 Å². The van der Waals surface area contributed by atoms with E-state index < -0.39 is 6.04 Å². The van der Waals surface area contributed by atoms with E-state index in [0.29, 0.717) is 5.69 Å². The maximum absolute atomic E-state index is 12.2. The number of carbonyl (C=O) groups excluding carboxylic acids is 2. The average molecular weight is 274 g/mol. The first-order valence-corrected chi connectivity index (χ1v) is 6.03. The molecular formula is C14H14N2O4. The molecule has 2 aromatic rings. The van der Waals surface area contributed by atoms with E-state index in [4.69, 9.17) is 9.25 Å². The van der Waals surface area contributed by atoms with Crippen molar-refractivity contribution in [2.75, 3.05) is 7.11 Å². The Kier molecular flexibility index (Phi) is 4.75. The molecule has 2 heterocycles. The molecule has 0 bridgehead atoms. The van der Waals surface area contributed by atoms with Gasteiger partial charge in [0.25, 0.3) is 0 Å². The van der Waals surface area contributed by atoms with Crippen molar-refractivity contribution in [3.8, 4) is 0 Å². The number of nitrogens with zero attached hydrogens (tertiary/aromatic N) is 1. The molecule has 0 saturated heterocycles. The molecule has 104 valence electrons. The number of hydroxylamine groups is 1. The third-order valence-electron chi connectivity index (χ3n) is 2.68. The number of ketones is 2. The Balaban J connectivity index is 2.10. The first-order valence-electron chi connectivity index (χ1n) is 6.03. The van der Waals surface area contributed by atoms with Gasteiger partial charge in [0, 0.05) is 12.6 Å². The summed E-state index contributed by atoms with van der Waals surface area (Å²) in [7, 11) is 1.38. The Morgan fingerprint density at radius 2 is 2.20 bits per heavy atom. The molecule has 0 amide bonds. The summed E-state index contributed by atoms with van der Waals surface area (Å²) in [6.07, 6.45) is 2.86. The molecule has 20 heavy (non-hydrogen) atoms. The fourth-order valence-corrected chi connectivity index (χ4v) is 1.74. The molecule has 0 spiro atoms. The van der Waals surface area contributed by atoms with Crippen LogP contribution in [0.25, 0.3) is 0 Å². The van der Waals surface area contributed by atoms with Crippen LogP contribution in [0.3, 0.4) is 0 Å². The van der Waals surface area contributed by atoms with Gasteiger partial charge >= 0.3 is 0 Å². The largest absolute Gasteiger partial charge is 0.461 e. The van der Waals surface area contributed by atoms with E-state index in [1.807, 2.05) is 0 Å². The highest BCUT2D eigenvalue weighted by molar-refractivity contribution is 6.03. The van der Waals surface area contributed by atoms with E-state index in [1.54, 1.807) is 24.3 Å². The van der Waals surface area contributed by atoms with Crippen molar-refractivity contribution in [1.29, 1.82) is 0 Å². The highest BCUT2D eigenvalue weighted by atomic mass is 16.6. The highest BCUT2D eigenvalue weighted by Gasteiger charge is 2.25. The molecule has 1 unspecified atom stereocenters. The van der Waals surface area contributed by atoms with Gasteiger partial charge in [-0.15, -0.1) is 0 Å². The van der Waals surface area contributed by atoms with Gasteiger partial charge < -0.3 is 9.25 Å². The minimum Gasteiger partial charge on any atom is -0.461 e. The van der Waals surface area contributed by atoms with Gasteiger partial charge in [-0.3, -0.25) is 14.6 Å². The summed E-state index contributed by atoms with van der Waals surface area (Å²) in [5.41, 5.74) is 2.82. The number of hydrogen-bond donors (Lipinski definition) is 1. The second kappa shape index (κ2) is 6.74. The van der Waals surface area contributed by atoms with Crippen LogP contribution in [-0.4, -0.2) is 29.7 Å². The normalized spacial score (nSPS) is 12.1. The Morgan fingerprint density at radius 3 is 2.80 bits per heavy atom. The van der Waals surface area contributed by atoms with Crippen molar-refractivity contribution in [2.24, 2.45) is 0 Å². The number of hydrogen-bond acceptors (Lipinski definition) is 6. The molecule has 0 aliphatic carbocycles. The van der Waals surface area contributed by atoms with Crippen LogP contribution in [0.5, 0.6) is 0 Å². The van der Waals surface area contributed by atoms with Gasteiger partial charge in [0.15, 0.2) is 11.5 Å². The zero-order chi connectivity index (χ0) is 14.4. The molecular weight excluding hydrogens is 260 g/mol. The molecule has 6 nitrogen and oxygen atoms in total. The van der Waals surface area contributed by atoms with E-state index in [-0.39, 0.29) is 23.7 Å². The van der Waals surface area contributed by atoms with Crippen molar-refractivity contribution in [3.63, 3.8) is 0 Å². The predicted molar refractivity (Wildman–Crippen MR) is 70.2 cm³/mol. The summed E-state index contributed by atoms with van der Waals surface area (Å²) in [6.45, 7) is 0. The van der Waals surface area contributed by atoms with Gasteiger partial charge in [-0.25, -0.2) is 0 Å². The van der Waals surface area contributed by atoms with Gasteiger partial charge in [-0.05, 0) is 24.3 Å². The third kappa shape index (κ3) is 3.37. The maximum atomic E-state index is 12.2. The van der Waals surface area contributed by atoms with Crippen LogP contribution < -0.4 is 5.48 Å². The summed E-state index contributed by atoms with van der Waals surface area (Å²) >= 11 is 0. The lowest BCUT2D eigenvalue weighted by atomic mass is 10.0. The van der Waals surface area contributed by atoms with E-state index >= 15 is 0 Å². The molecule has 0 aliphatic heterocycles. The van der Waals surface area contributed by atoms with Gasteiger partial charge in [0.1, 0.15) is 11.7 Å². The standard InChI is InChI=1S/C14H14N2O4/c1-19-16-11(14(18)13-6-4-8-20-13)9-12(17)10-5-2-3-7-15-10/h2-8,11,16H,9H2,1H3. The second-order valence-corrected chi connectivity index (χ2v) is 4.06. The van der Waals surface area contributed by atoms with Crippen molar-refractivity contribution in [1.82, 2.24) is 10.5 Å². The van der Waals surface area contributed by atoms with E-state index in [9.17, 15) is 9.59 Å². The Bertz CT molecular complexity index is 566. The van der Waals surface area contributed by atoms with Crippen LogP contribution >= 0.6 is 0 Å². The molecule has 0 radical (unpaired) electrons. The molecule has 0 aromatic carbocycles. The summed E-state index contributed by atoms with van der Waals surface area (Å²) < 4.78 is 5.04. The fraction of sp³-hybridized carbons (Fsp3) is 0.214. The second-order valence-electron chi connectivity index (χ2n) is 4.06. The van der Waals surface area contributed by atoms with Crippen molar-refractivity contribution >= 4 is 11.6 Å². The van der Waals surface area contributed by atoms with E-state index in [1.165, 1.54) is 25.6 Å². The smallest absolute Gasteiger partial charge is 0.217 e. The van der Waals surface area contributed by atoms with Crippen LogP contribution in [0.2, 0.25) is 0 Å². The van der Waals surface area contributed by atoms with Gasteiger partial charge in [0.2, 0.25) is 5.78 Å². The Morgan fingerprint density at radius 1 is 1.35 bits per heavy atom. The Hall–Kier alpha value is -2.31. The molecule has 2 aromatic heterocycles. The lowest BCUT2D eigenvalue weighted by Crippen LogP contribution is -2.38. The van der Waals surface area contributed by atoms with Crippen LogP contribution in [0.4, 0.5) is 0 Å². The quantitative estimate of drug-likeness (QED) is 0.610. The Labute approximate surface area is 115 Å². The number of rotatable bonds is 7. The number of carbonyl (C=O) groups is 2. The SMILES string of the molecule is CONC(CC(=O)c1ccccn1)C(=O)c1ccco1. The molecule has 2 rings (SSSR count). The summed E-state index contributed by atoms with van der Waals surface area (Å²) in [5.74, 6) is -0.422. The van der Waals surface area contributed by atoms with Crippen molar-refractivity contribution in [3.05, 3.63) is 54.2 Å². The topological polar surface area (TPSA) is 81.4 Å². The minimum atomic E-state index is -0.819. The molecule has 1 N–H and O–H groups in total. The first-order chi connectivity index (χ1) is 9.72. The summed E-state index contributed by atoms with van der Waals surface area (Å²) in [6, 6.07) is 7.36. The number of nitrogens with one attached hydrogen (secondary N) is 1. The highest BCUT2D eigenvalue weighted by Crippen LogP contribution is 2.10. The van der Waals surface area contributed by atoms with Gasteiger partial charge in [-0.2, -0.15) is 5.48 Å². The molecule has 0 saturated carbocycles. The lowest BCUT2D eigenvalue weighted by Gasteiger charge is -2.13. The zero-order valence-corrected chi connectivity index (χ0v) is 10.9. The van der Waals surface area contributed by atoms with E-state index in [2.05, 4.69) is 10.5 Å². The molecule has 1 atom stereocenters. The van der Waals surface area contributed by atoms with Crippen molar-refractivity contribution < 1.29 is 18.8 Å². The van der Waals surface area contributed by atoms with Crippen LogP contribution in [0.1, 0.15) is 27.5 Å². The molecule has 0 fully saturated rings. The third-order valence-corrected chi connectivity index (χ3v) is 2.68. The fourth-order valence-electron chi connectivity index (χ4n) is 1.74. The number of Topliss-reactive ketones (excluding diaryl/α,β-unsaturated/α-hetero) is 2. The maximum Gasteiger partial charge on any atom is 0.217 e. The molecule has 0 aliphatic rings. The number of pyridine rings is 1. The van der Waals surface area contributed by atoms with Gasteiger partial charge in [0.05, 0.1) is 13.4 Å². The monoisotopic (exact) mass is 274 g/mol. The minimum absolute atomic E-state index is 0.0651. The summed E-state index contributed by atoms with van der Waals surface area (Å²) in [4.78, 5) is 33.0. The number of furan rings is 1. The summed E-state index contributed by atoms with van der Waals surface area (Å²) in [5, 5.41) is 0. The van der Waals surface area contributed by atoms with Crippen LogP contribution in [-0.2, 0) is 4.84 Å².